The van der Waals surface area contributed by atoms with E-state index in [1.54, 1.807) is 0 Å². The van der Waals surface area contributed by atoms with E-state index < -0.39 is 0 Å². The lowest BCUT2D eigenvalue weighted by atomic mass is 9.95. The molecule has 0 aliphatic carbocycles. The van der Waals surface area contributed by atoms with Crippen molar-refractivity contribution in [2.75, 3.05) is 13.1 Å². The van der Waals surface area contributed by atoms with Crippen LogP contribution >= 0.6 is 0 Å². The summed E-state index contributed by atoms with van der Waals surface area (Å²) in [7, 11) is 0. The van der Waals surface area contributed by atoms with Crippen molar-refractivity contribution in [2.24, 2.45) is 17.6 Å². The fourth-order valence-electron chi connectivity index (χ4n) is 2.11. The van der Waals surface area contributed by atoms with Crippen LogP contribution in [0, 0.1) is 11.8 Å². The third kappa shape index (κ3) is 4.73. The van der Waals surface area contributed by atoms with E-state index in [2.05, 4.69) is 24.5 Å². The maximum absolute atomic E-state index is 11.9. The fraction of sp³-hybridized carbons (Fsp3) is 0.833. The van der Waals surface area contributed by atoms with Crippen LogP contribution in [0.15, 0.2) is 0 Å². The van der Waals surface area contributed by atoms with Crippen LogP contribution in [-0.4, -0.2) is 30.9 Å². The molecule has 2 amide bonds. The van der Waals surface area contributed by atoms with Gasteiger partial charge in [0.1, 0.15) is 0 Å². The van der Waals surface area contributed by atoms with E-state index in [1.807, 2.05) is 0 Å². The van der Waals surface area contributed by atoms with Gasteiger partial charge in [-0.2, -0.15) is 0 Å². The van der Waals surface area contributed by atoms with Crippen LogP contribution in [0.5, 0.6) is 0 Å². The van der Waals surface area contributed by atoms with Crippen molar-refractivity contribution in [1.29, 1.82) is 0 Å². The topological polar surface area (TPSA) is 84.2 Å². The molecule has 0 spiro atoms. The van der Waals surface area contributed by atoms with E-state index in [9.17, 15) is 9.59 Å². The number of amides is 2. The number of hydrogen-bond donors (Lipinski definition) is 3. The average molecular weight is 241 g/mol. The largest absolute Gasteiger partial charge is 0.356 e. The van der Waals surface area contributed by atoms with Crippen molar-refractivity contribution < 1.29 is 9.59 Å². The monoisotopic (exact) mass is 241 g/mol. The Morgan fingerprint density at radius 1 is 1.59 bits per heavy atom. The first-order valence-electron chi connectivity index (χ1n) is 6.30. The van der Waals surface area contributed by atoms with Gasteiger partial charge in [-0.25, -0.2) is 0 Å². The van der Waals surface area contributed by atoms with Crippen molar-refractivity contribution >= 4 is 11.8 Å². The van der Waals surface area contributed by atoms with Crippen LogP contribution in [0.1, 0.15) is 33.1 Å². The van der Waals surface area contributed by atoms with Gasteiger partial charge in [-0.3, -0.25) is 9.59 Å². The van der Waals surface area contributed by atoms with Crippen LogP contribution in [0.25, 0.3) is 0 Å². The molecule has 1 fully saturated rings. The van der Waals surface area contributed by atoms with E-state index in [0.29, 0.717) is 25.4 Å². The lowest BCUT2D eigenvalue weighted by molar-refractivity contribution is -0.132. The quantitative estimate of drug-likeness (QED) is 0.633. The van der Waals surface area contributed by atoms with Gasteiger partial charge in [0.15, 0.2) is 0 Å². The number of nitrogens with one attached hydrogen (secondary N) is 2. The zero-order chi connectivity index (χ0) is 12.8. The number of carbonyl (C=O) groups is 2. The first-order chi connectivity index (χ1) is 8.02. The van der Waals surface area contributed by atoms with Crippen LogP contribution in [0.4, 0.5) is 0 Å². The molecule has 0 bridgehead atoms. The van der Waals surface area contributed by atoms with Gasteiger partial charge in [0.2, 0.25) is 11.8 Å². The molecular formula is C12H23N3O2. The number of rotatable bonds is 5. The Labute approximate surface area is 103 Å². The highest BCUT2D eigenvalue weighted by molar-refractivity contribution is 5.87. The van der Waals surface area contributed by atoms with Gasteiger partial charge in [0, 0.05) is 31.5 Å². The summed E-state index contributed by atoms with van der Waals surface area (Å²) in [5, 5.41) is 5.67. The molecule has 0 saturated carbocycles. The third-order valence-corrected chi connectivity index (χ3v) is 3.00. The van der Waals surface area contributed by atoms with E-state index in [1.165, 1.54) is 0 Å². The summed E-state index contributed by atoms with van der Waals surface area (Å²) in [6.07, 6.45) is 1.89. The van der Waals surface area contributed by atoms with E-state index in [-0.39, 0.29) is 23.8 Å². The zero-order valence-electron chi connectivity index (χ0n) is 10.7. The molecule has 0 aromatic heterocycles. The van der Waals surface area contributed by atoms with Gasteiger partial charge in [0.05, 0.1) is 0 Å². The van der Waals surface area contributed by atoms with Crippen LogP contribution in [0.2, 0.25) is 0 Å². The molecule has 98 valence electrons. The minimum atomic E-state index is -0.190. The third-order valence-electron chi connectivity index (χ3n) is 3.00. The normalized spacial score (nSPS) is 22.1. The van der Waals surface area contributed by atoms with Gasteiger partial charge in [0.25, 0.3) is 0 Å². The molecule has 1 heterocycles. The molecule has 0 radical (unpaired) electrons. The minimum Gasteiger partial charge on any atom is -0.356 e. The molecule has 0 aromatic rings. The van der Waals surface area contributed by atoms with Gasteiger partial charge >= 0.3 is 0 Å². The second kappa shape index (κ2) is 6.59. The molecule has 0 aromatic carbocycles. The van der Waals surface area contributed by atoms with Crippen molar-refractivity contribution in [2.45, 2.75) is 39.2 Å². The van der Waals surface area contributed by atoms with Crippen molar-refractivity contribution in [1.82, 2.24) is 10.6 Å². The Morgan fingerprint density at radius 2 is 2.29 bits per heavy atom. The average Bonchev–Trinajstić information content (AvgIpc) is 2.27. The molecule has 1 saturated heterocycles. The molecule has 2 atom stereocenters. The zero-order valence-corrected chi connectivity index (χ0v) is 10.7. The van der Waals surface area contributed by atoms with Gasteiger partial charge in [-0.15, -0.1) is 0 Å². The Bertz CT molecular complexity index is 279. The molecule has 2 unspecified atom stereocenters. The Hall–Kier alpha value is -1.10. The summed E-state index contributed by atoms with van der Waals surface area (Å²) in [5.41, 5.74) is 5.63. The molecule has 4 N–H and O–H groups in total. The van der Waals surface area contributed by atoms with Crippen molar-refractivity contribution in [3.05, 3.63) is 0 Å². The molecule has 1 rings (SSSR count). The van der Waals surface area contributed by atoms with E-state index >= 15 is 0 Å². The lowest BCUT2D eigenvalue weighted by Crippen LogP contribution is -2.47. The fourth-order valence-corrected chi connectivity index (χ4v) is 2.11. The Kier molecular flexibility index (Phi) is 5.41. The molecule has 5 nitrogen and oxygen atoms in total. The summed E-state index contributed by atoms with van der Waals surface area (Å²) in [6, 6.07) is 0.0208. The highest BCUT2D eigenvalue weighted by Gasteiger charge is 2.26. The van der Waals surface area contributed by atoms with E-state index in [0.717, 1.165) is 12.8 Å². The Morgan fingerprint density at radius 3 is 2.82 bits per heavy atom. The summed E-state index contributed by atoms with van der Waals surface area (Å²) in [4.78, 5) is 23.1. The molecule has 1 aliphatic heterocycles. The minimum absolute atomic E-state index is 0.0208. The summed E-state index contributed by atoms with van der Waals surface area (Å²) in [5.74, 6) is 0.240. The van der Waals surface area contributed by atoms with Crippen LogP contribution in [0.3, 0.4) is 0 Å². The van der Waals surface area contributed by atoms with Gasteiger partial charge in [-0.1, -0.05) is 13.8 Å². The number of carbonyl (C=O) groups excluding carboxylic acids is 2. The number of nitrogens with two attached hydrogens (primary N) is 1. The SMILES string of the molecule is CC(C)CC(CN)NC(=O)C1CCNC(=O)C1. The molecular weight excluding hydrogens is 218 g/mol. The summed E-state index contributed by atoms with van der Waals surface area (Å²) >= 11 is 0. The molecule has 1 aliphatic rings. The Balaban J connectivity index is 2.43. The summed E-state index contributed by atoms with van der Waals surface area (Å²) in [6.45, 7) is 5.24. The highest BCUT2D eigenvalue weighted by atomic mass is 16.2. The van der Waals surface area contributed by atoms with Crippen LogP contribution in [-0.2, 0) is 9.59 Å². The maximum Gasteiger partial charge on any atom is 0.223 e. The van der Waals surface area contributed by atoms with Crippen molar-refractivity contribution in [3.63, 3.8) is 0 Å². The smallest absolute Gasteiger partial charge is 0.223 e. The number of hydrogen-bond acceptors (Lipinski definition) is 3. The van der Waals surface area contributed by atoms with Gasteiger partial charge in [-0.05, 0) is 18.8 Å². The van der Waals surface area contributed by atoms with E-state index in [4.69, 9.17) is 5.73 Å². The van der Waals surface area contributed by atoms with Crippen molar-refractivity contribution in [3.8, 4) is 0 Å². The van der Waals surface area contributed by atoms with Crippen LogP contribution < -0.4 is 16.4 Å². The predicted octanol–water partition coefficient (Wildman–Crippen LogP) is 0.00220. The highest BCUT2D eigenvalue weighted by Crippen LogP contribution is 2.13. The lowest BCUT2D eigenvalue weighted by Gasteiger charge is -2.25. The first kappa shape index (κ1) is 14.0. The summed E-state index contributed by atoms with van der Waals surface area (Å²) < 4.78 is 0. The number of piperidine rings is 1. The van der Waals surface area contributed by atoms with Gasteiger partial charge < -0.3 is 16.4 Å². The molecule has 5 heteroatoms. The predicted molar refractivity (Wildman–Crippen MR) is 66.2 cm³/mol. The maximum atomic E-state index is 11.9. The standard InChI is InChI=1S/C12H23N3O2/c1-8(2)5-10(7-13)15-12(17)9-3-4-14-11(16)6-9/h8-10H,3-7,13H2,1-2H3,(H,14,16)(H,15,17). The second-order valence-corrected chi connectivity index (χ2v) is 5.11. The first-order valence-corrected chi connectivity index (χ1v) is 6.30. The second-order valence-electron chi connectivity index (χ2n) is 5.11. The molecule has 17 heavy (non-hydrogen) atoms.